The Morgan fingerprint density at radius 1 is 1.05 bits per heavy atom. The molecule has 0 bridgehead atoms. The number of aromatic nitrogens is 3. The predicted octanol–water partition coefficient (Wildman–Crippen LogP) is 7.46. The van der Waals surface area contributed by atoms with Gasteiger partial charge < -0.3 is 14.8 Å². The lowest BCUT2D eigenvalue weighted by atomic mass is 10.0. The summed E-state index contributed by atoms with van der Waals surface area (Å²) < 4.78 is 18.0. The lowest BCUT2D eigenvalue weighted by Gasteiger charge is -2.31. The van der Waals surface area contributed by atoms with Gasteiger partial charge in [0.1, 0.15) is 11.6 Å². The average Bonchev–Trinajstić information content (AvgIpc) is 3.53. The summed E-state index contributed by atoms with van der Waals surface area (Å²) in [5, 5.41) is 8.60. The zero-order valence-electron chi connectivity index (χ0n) is 21.6. The predicted molar refractivity (Wildman–Crippen MR) is 151 cm³/mol. The zero-order chi connectivity index (χ0) is 27.1. The first-order valence-corrected chi connectivity index (χ1v) is 13.3. The van der Waals surface area contributed by atoms with Gasteiger partial charge in [-0.1, -0.05) is 54.9 Å². The lowest BCUT2D eigenvalue weighted by Crippen LogP contribution is -2.38. The molecule has 2 amide bonds. The topological polar surface area (TPSA) is 55.1 Å². The van der Waals surface area contributed by atoms with Crippen LogP contribution in [-0.2, 0) is 13.0 Å². The van der Waals surface area contributed by atoms with Crippen molar-refractivity contribution in [3.63, 3.8) is 0 Å². The van der Waals surface area contributed by atoms with Gasteiger partial charge in [0.25, 0.3) is 0 Å². The van der Waals surface area contributed by atoms with Gasteiger partial charge in [-0.2, -0.15) is 5.10 Å². The van der Waals surface area contributed by atoms with Crippen LogP contribution in [0.25, 0.3) is 11.5 Å². The maximum atomic E-state index is 14.1. The number of anilines is 1. The van der Waals surface area contributed by atoms with Crippen molar-refractivity contribution in [2.75, 3.05) is 5.32 Å². The summed E-state index contributed by atoms with van der Waals surface area (Å²) >= 11 is 6.26. The molecule has 0 radical (unpaired) electrons. The molecule has 3 aromatic carbocycles. The molecule has 39 heavy (non-hydrogen) atoms. The Labute approximate surface area is 231 Å². The second-order valence-corrected chi connectivity index (χ2v) is 10.1. The largest absolute Gasteiger partial charge is 0.322 e. The molecule has 1 aliphatic rings. The average molecular weight is 540 g/mol. The fourth-order valence-electron chi connectivity index (χ4n) is 5.26. The second kappa shape index (κ2) is 10.1. The van der Waals surface area contributed by atoms with E-state index in [1.54, 1.807) is 29.2 Å². The summed E-state index contributed by atoms with van der Waals surface area (Å²) in [5.74, 6) is 0.559. The van der Waals surface area contributed by atoms with Crippen molar-refractivity contribution in [1.29, 1.82) is 0 Å². The Kier molecular flexibility index (Phi) is 6.45. The number of carbonyl (C=O) groups excluding carboxylic acids is 1. The van der Waals surface area contributed by atoms with E-state index in [0.29, 0.717) is 23.7 Å². The van der Waals surface area contributed by atoms with E-state index in [4.69, 9.17) is 16.7 Å². The number of carbonyl (C=O) groups is 1. The Morgan fingerprint density at radius 2 is 1.82 bits per heavy atom. The van der Waals surface area contributed by atoms with Crippen molar-refractivity contribution in [3.05, 3.63) is 130 Å². The van der Waals surface area contributed by atoms with E-state index in [-0.39, 0.29) is 11.8 Å². The summed E-state index contributed by atoms with van der Waals surface area (Å²) in [7, 11) is 0. The van der Waals surface area contributed by atoms with Crippen molar-refractivity contribution in [2.24, 2.45) is 0 Å². The molecule has 1 aliphatic heterocycles. The Balaban J connectivity index is 1.55. The summed E-state index contributed by atoms with van der Waals surface area (Å²) in [6.45, 7) is 4.30. The van der Waals surface area contributed by atoms with Crippen molar-refractivity contribution in [2.45, 2.75) is 32.9 Å². The first-order chi connectivity index (χ1) is 18.9. The van der Waals surface area contributed by atoms with Crippen LogP contribution in [0.2, 0.25) is 5.02 Å². The molecule has 0 saturated carbocycles. The molecular formula is C31H27ClFN5O. The molecule has 6 rings (SSSR count). The number of rotatable bonds is 4. The fraction of sp³-hybridized carbons (Fsp3) is 0.161. The number of benzene rings is 3. The molecule has 0 saturated heterocycles. The summed E-state index contributed by atoms with van der Waals surface area (Å²) in [4.78, 5) is 15.9. The highest BCUT2D eigenvalue weighted by Gasteiger charge is 2.36. The zero-order valence-corrected chi connectivity index (χ0v) is 22.4. The number of amides is 2. The highest BCUT2D eigenvalue weighted by atomic mass is 35.5. The number of fused-ring (bicyclic) bond motifs is 3. The number of aryl methyl sites for hydroxylation is 2. The van der Waals surface area contributed by atoms with Crippen LogP contribution in [0.5, 0.6) is 0 Å². The maximum Gasteiger partial charge on any atom is 0.322 e. The van der Waals surface area contributed by atoms with Gasteiger partial charge in [-0.05, 0) is 73.0 Å². The number of para-hydroxylation sites is 1. The van der Waals surface area contributed by atoms with Crippen LogP contribution in [0.15, 0.2) is 91.1 Å². The van der Waals surface area contributed by atoms with Crippen LogP contribution in [0, 0.1) is 12.7 Å². The minimum atomic E-state index is -0.485. The molecule has 1 N–H and O–H groups in total. The van der Waals surface area contributed by atoms with Crippen molar-refractivity contribution < 1.29 is 9.18 Å². The van der Waals surface area contributed by atoms with Gasteiger partial charge in [0.2, 0.25) is 0 Å². The summed E-state index contributed by atoms with van der Waals surface area (Å²) in [6, 6.07) is 24.9. The first-order valence-electron chi connectivity index (χ1n) is 12.9. The molecule has 196 valence electrons. The van der Waals surface area contributed by atoms with E-state index in [0.717, 1.165) is 39.6 Å². The lowest BCUT2D eigenvalue weighted by molar-refractivity contribution is 0.194. The van der Waals surface area contributed by atoms with Gasteiger partial charge in [-0.3, -0.25) is 0 Å². The third kappa shape index (κ3) is 4.49. The fourth-order valence-corrected chi connectivity index (χ4v) is 5.43. The minimum absolute atomic E-state index is 0.287. The highest BCUT2D eigenvalue weighted by molar-refractivity contribution is 6.31. The Bertz CT molecular complexity index is 1660. The van der Waals surface area contributed by atoms with E-state index in [1.807, 2.05) is 66.3 Å². The number of hydrogen-bond donors (Lipinski definition) is 1. The van der Waals surface area contributed by atoms with Crippen LogP contribution >= 0.6 is 11.6 Å². The molecule has 6 nitrogen and oxygen atoms in total. The molecule has 0 fully saturated rings. The molecule has 1 atom stereocenters. The van der Waals surface area contributed by atoms with Crippen molar-refractivity contribution >= 4 is 23.3 Å². The molecule has 2 aromatic heterocycles. The van der Waals surface area contributed by atoms with E-state index in [2.05, 4.69) is 16.8 Å². The highest BCUT2D eigenvalue weighted by Crippen LogP contribution is 2.39. The van der Waals surface area contributed by atoms with Crippen LogP contribution < -0.4 is 5.32 Å². The van der Waals surface area contributed by atoms with Gasteiger partial charge in [-0.15, -0.1) is 0 Å². The summed E-state index contributed by atoms with van der Waals surface area (Å²) in [5.41, 5.74) is 6.01. The van der Waals surface area contributed by atoms with Gasteiger partial charge in [0.05, 0.1) is 29.7 Å². The Hall–Kier alpha value is -4.36. The molecule has 5 aromatic rings. The second-order valence-electron chi connectivity index (χ2n) is 9.62. The van der Waals surface area contributed by atoms with Crippen LogP contribution in [-0.4, -0.2) is 25.3 Å². The van der Waals surface area contributed by atoms with Gasteiger partial charge >= 0.3 is 6.03 Å². The molecule has 8 heteroatoms. The van der Waals surface area contributed by atoms with Crippen LogP contribution in [0.3, 0.4) is 0 Å². The molecule has 0 spiro atoms. The summed E-state index contributed by atoms with van der Waals surface area (Å²) in [6.07, 6.45) is 2.69. The normalized spacial score (nSPS) is 14.5. The monoisotopic (exact) mass is 539 g/mol. The number of nitrogens with zero attached hydrogens (tertiary/aromatic N) is 4. The van der Waals surface area contributed by atoms with E-state index < -0.39 is 6.04 Å². The van der Waals surface area contributed by atoms with Gasteiger partial charge in [0, 0.05) is 22.5 Å². The maximum absolute atomic E-state index is 14.1. The molecule has 3 heterocycles. The van der Waals surface area contributed by atoms with Crippen molar-refractivity contribution in [3.8, 4) is 11.5 Å². The molecule has 0 unspecified atom stereocenters. The number of urea groups is 1. The third-order valence-electron chi connectivity index (χ3n) is 7.19. The van der Waals surface area contributed by atoms with Gasteiger partial charge in [-0.25, -0.2) is 13.9 Å². The number of nitrogens with one attached hydrogen (secondary N) is 1. The van der Waals surface area contributed by atoms with E-state index >= 15 is 0 Å². The minimum Gasteiger partial charge on any atom is -0.307 e. The molecule has 0 aliphatic carbocycles. The Morgan fingerprint density at radius 3 is 2.56 bits per heavy atom. The van der Waals surface area contributed by atoms with E-state index in [1.165, 1.54) is 12.1 Å². The SMILES string of the molecule is CCc1nn(-c2ccccc2)c2c1CN(C(=O)Nc1cc(Cl)ccc1C)[C@@H](c1ccc(F)cc1)c1cccn1-2. The van der Waals surface area contributed by atoms with Crippen molar-refractivity contribution in [1.82, 2.24) is 19.2 Å². The van der Waals surface area contributed by atoms with Crippen LogP contribution in [0.1, 0.15) is 41.0 Å². The van der Waals surface area contributed by atoms with E-state index in [9.17, 15) is 9.18 Å². The number of halogens is 2. The quantitative estimate of drug-likeness (QED) is 0.258. The van der Waals surface area contributed by atoms with Gasteiger partial charge in [0.15, 0.2) is 0 Å². The first kappa shape index (κ1) is 24.9. The number of hydrogen-bond acceptors (Lipinski definition) is 2. The third-order valence-corrected chi connectivity index (χ3v) is 7.43. The standard InChI is InChI=1S/C31H27ClFN5O/c1-3-26-25-19-37(31(39)34-27-18-22(32)14-11-20(27)2)29(21-12-15-23(33)16-13-21)28-10-7-17-36(28)30(25)38(35-26)24-8-5-4-6-9-24/h4-18,29H,3,19H2,1-2H3,(H,34,39)/t29-/m0/s1. The smallest absolute Gasteiger partial charge is 0.307 e. The molecular weight excluding hydrogens is 513 g/mol. The van der Waals surface area contributed by atoms with Crippen LogP contribution in [0.4, 0.5) is 14.9 Å².